The lowest BCUT2D eigenvalue weighted by Crippen LogP contribution is -2.01. The number of aryl methyl sites for hydroxylation is 1. The van der Waals surface area contributed by atoms with Crippen molar-refractivity contribution in [1.29, 1.82) is 0 Å². The molecule has 4 heteroatoms. The summed E-state index contributed by atoms with van der Waals surface area (Å²) in [5.41, 5.74) is 9.87. The van der Waals surface area contributed by atoms with Gasteiger partial charge in [0.2, 0.25) is 0 Å². The van der Waals surface area contributed by atoms with Crippen LogP contribution in [-0.2, 0) is 0 Å². The third-order valence-corrected chi connectivity index (χ3v) is 3.62. The minimum Gasteiger partial charge on any atom is -0.384 e. The number of anilines is 1. The lowest BCUT2D eigenvalue weighted by Gasteiger charge is -2.03. The molecule has 0 radical (unpaired) electrons. The van der Waals surface area contributed by atoms with Gasteiger partial charge in [0, 0.05) is 16.7 Å². The van der Waals surface area contributed by atoms with Gasteiger partial charge in [-0.15, -0.1) is 0 Å². The molecule has 2 aromatic carbocycles. The highest BCUT2D eigenvalue weighted by Gasteiger charge is 2.09. The molecule has 3 rings (SSSR count). The Morgan fingerprint density at radius 1 is 1.05 bits per heavy atom. The summed E-state index contributed by atoms with van der Waals surface area (Å²) in [5, 5.41) is 5.32. The molecule has 0 fully saturated rings. The zero-order chi connectivity index (χ0) is 14.1. The summed E-state index contributed by atoms with van der Waals surface area (Å²) in [6.45, 7) is 1.98. The first-order valence-corrected chi connectivity index (χ1v) is 6.70. The van der Waals surface area contributed by atoms with Crippen molar-refractivity contribution < 1.29 is 0 Å². The Hall–Kier alpha value is -2.26. The summed E-state index contributed by atoms with van der Waals surface area (Å²) in [6.07, 6.45) is 0. The molecular formula is C16H14ClN3. The maximum Gasteiger partial charge on any atom is 0.127 e. The van der Waals surface area contributed by atoms with Crippen LogP contribution in [0.2, 0.25) is 5.02 Å². The van der Waals surface area contributed by atoms with E-state index in [0.29, 0.717) is 5.82 Å². The minimum absolute atomic E-state index is 0.610. The van der Waals surface area contributed by atoms with Crippen molar-refractivity contribution in [2.24, 2.45) is 0 Å². The lowest BCUT2D eigenvalue weighted by atomic mass is 10.1. The molecule has 0 spiro atoms. The Kier molecular flexibility index (Phi) is 3.20. The van der Waals surface area contributed by atoms with Crippen molar-refractivity contribution in [3.05, 3.63) is 65.2 Å². The molecule has 1 aromatic heterocycles. The van der Waals surface area contributed by atoms with Crippen LogP contribution in [0.1, 0.15) is 5.56 Å². The number of nitrogen functional groups attached to an aromatic ring is 1. The second kappa shape index (κ2) is 5.02. The van der Waals surface area contributed by atoms with Crippen molar-refractivity contribution in [3.8, 4) is 16.9 Å². The second-order valence-electron chi connectivity index (χ2n) is 4.67. The van der Waals surface area contributed by atoms with Gasteiger partial charge in [-0.25, -0.2) is 4.68 Å². The topological polar surface area (TPSA) is 43.8 Å². The van der Waals surface area contributed by atoms with Gasteiger partial charge in [0.1, 0.15) is 5.82 Å². The monoisotopic (exact) mass is 283 g/mol. The fraction of sp³-hybridized carbons (Fsp3) is 0.0625. The molecule has 2 N–H and O–H groups in total. The van der Waals surface area contributed by atoms with E-state index in [1.165, 1.54) is 0 Å². The van der Waals surface area contributed by atoms with Gasteiger partial charge in [0.15, 0.2) is 0 Å². The molecule has 0 unspecified atom stereocenters. The van der Waals surface area contributed by atoms with E-state index in [1.54, 1.807) is 4.68 Å². The molecule has 1 heterocycles. The van der Waals surface area contributed by atoms with Gasteiger partial charge in [-0.1, -0.05) is 35.9 Å². The molecule has 100 valence electrons. The summed E-state index contributed by atoms with van der Waals surface area (Å²) in [5.74, 6) is 0.610. The van der Waals surface area contributed by atoms with Crippen LogP contribution in [0.5, 0.6) is 0 Å². The third-order valence-electron chi connectivity index (χ3n) is 3.19. The van der Waals surface area contributed by atoms with Gasteiger partial charge in [-0.2, -0.15) is 5.10 Å². The molecule has 0 aliphatic rings. The number of para-hydroxylation sites is 1. The Balaban J connectivity index is 2.06. The van der Waals surface area contributed by atoms with E-state index in [0.717, 1.165) is 27.5 Å². The average Bonchev–Trinajstić information content (AvgIpc) is 2.85. The number of nitrogens with two attached hydrogens (primary N) is 1. The molecule has 0 aliphatic heterocycles. The first-order valence-electron chi connectivity index (χ1n) is 6.32. The quantitative estimate of drug-likeness (QED) is 0.770. The van der Waals surface area contributed by atoms with Crippen molar-refractivity contribution in [3.63, 3.8) is 0 Å². The van der Waals surface area contributed by atoms with Crippen LogP contribution < -0.4 is 5.73 Å². The average molecular weight is 284 g/mol. The molecule has 0 bridgehead atoms. The van der Waals surface area contributed by atoms with Crippen molar-refractivity contribution >= 4 is 17.4 Å². The Morgan fingerprint density at radius 2 is 1.80 bits per heavy atom. The van der Waals surface area contributed by atoms with E-state index >= 15 is 0 Å². The predicted molar refractivity (Wildman–Crippen MR) is 83.2 cm³/mol. The number of halogens is 1. The summed E-state index contributed by atoms with van der Waals surface area (Å²) in [4.78, 5) is 0. The lowest BCUT2D eigenvalue weighted by molar-refractivity contribution is 0.895. The standard InChI is InChI=1S/C16H14ClN3/c1-11-9-12(7-8-14(11)17)15-10-16(18)20(19-15)13-5-3-2-4-6-13/h2-10H,18H2,1H3. The summed E-state index contributed by atoms with van der Waals surface area (Å²) >= 11 is 6.05. The molecule has 0 atom stereocenters. The fourth-order valence-corrected chi connectivity index (χ4v) is 2.23. The third kappa shape index (κ3) is 2.28. The van der Waals surface area contributed by atoms with Crippen LogP contribution in [0.15, 0.2) is 54.6 Å². The van der Waals surface area contributed by atoms with E-state index in [2.05, 4.69) is 5.10 Å². The number of benzene rings is 2. The van der Waals surface area contributed by atoms with E-state index in [9.17, 15) is 0 Å². The van der Waals surface area contributed by atoms with Gasteiger partial charge >= 0.3 is 0 Å². The Bertz CT molecular complexity index is 748. The van der Waals surface area contributed by atoms with Crippen molar-refractivity contribution in [1.82, 2.24) is 9.78 Å². The normalized spacial score (nSPS) is 10.7. The second-order valence-corrected chi connectivity index (χ2v) is 5.07. The Labute approximate surface area is 122 Å². The molecule has 0 saturated carbocycles. The van der Waals surface area contributed by atoms with Gasteiger partial charge in [-0.05, 0) is 36.8 Å². The number of rotatable bonds is 2. The molecule has 0 aliphatic carbocycles. The van der Waals surface area contributed by atoms with E-state index in [1.807, 2.05) is 61.5 Å². The molecule has 0 amide bonds. The van der Waals surface area contributed by atoms with Crippen molar-refractivity contribution in [2.45, 2.75) is 6.92 Å². The number of hydrogen-bond donors (Lipinski definition) is 1. The molecule has 3 nitrogen and oxygen atoms in total. The molecule has 3 aromatic rings. The predicted octanol–water partition coefficient (Wildman–Crippen LogP) is 4.08. The maximum absolute atomic E-state index is 6.05. The highest BCUT2D eigenvalue weighted by Crippen LogP contribution is 2.26. The van der Waals surface area contributed by atoms with Gasteiger partial charge in [-0.3, -0.25) is 0 Å². The van der Waals surface area contributed by atoms with Gasteiger partial charge < -0.3 is 5.73 Å². The summed E-state index contributed by atoms with van der Waals surface area (Å²) in [7, 11) is 0. The summed E-state index contributed by atoms with van der Waals surface area (Å²) in [6, 6.07) is 17.5. The largest absolute Gasteiger partial charge is 0.384 e. The molecular weight excluding hydrogens is 270 g/mol. The van der Waals surface area contributed by atoms with Crippen LogP contribution in [-0.4, -0.2) is 9.78 Å². The van der Waals surface area contributed by atoms with E-state index in [-0.39, 0.29) is 0 Å². The number of aromatic nitrogens is 2. The van der Waals surface area contributed by atoms with Crippen LogP contribution >= 0.6 is 11.6 Å². The van der Waals surface area contributed by atoms with Gasteiger partial charge in [0.25, 0.3) is 0 Å². The summed E-state index contributed by atoms with van der Waals surface area (Å²) < 4.78 is 1.74. The zero-order valence-corrected chi connectivity index (χ0v) is 11.8. The number of nitrogens with zero attached hydrogens (tertiary/aromatic N) is 2. The van der Waals surface area contributed by atoms with Crippen LogP contribution in [0.3, 0.4) is 0 Å². The van der Waals surface area contributed by atoms with Crippen LogP contribution in [0.4, 0.5) is 5.82 Å². The fourth-order valence-electron chi connectivity index (χ4n) is 2.12. The van der Waals surface area contributed by atoms with Crippen LogP contribution in [0.25, 0.3) is 16.9 Å². The Morgan fingerprint density at radius 3 is 2.50 bits per heavy atom. The van der Waals surface area contributed by atoms with Gasteiger partial charge in [0.05, 0.1) is 11.4 Å². The van der Waals surface area contributed by atoms with E-state index in [4.69, 9.17) is 17.3 Å². The smallest absolute Gasteiger partial charge is 0.127 e. The van der Waals surface area contributed by atoms with E-state index < -0.39 is 0 Å². The van der Waals surface area contributed by atoms with Crippen LogP contribution in [0, 0.1) is 6.92 Å². The highest BCUT2D eigenvalue weighted by atomic mass is 35.5. The highest BCUT2D eigenvalue weighted by molar-refractivity contribution is 6.31. The molecule has 0 saturated heterocycles. The number of hydrogen-bond acceptors (Lipinski definition) is 2. The first-order chi connectivity index (χ1) is 9.65. The minimum atomic E-state index is 0.610. The molecule has 20 heavy (non-hydrogen) atoms. The first kappa shape index (κ1) is 12.8. The SMILES string of the molecule is Cc1cc(-c2cc(N)n(-c3ccccc3)n2)ccc1Cl. The zero-order valence-electron chi connectivity index (χ0n) is 11.0. The maximum atomic E-state index is 6.05. The van der Waals surface area contributed by atoms with Crippen molar-refractivity contribution in [2.75, 3.05) is 5.73 Å².